The Hall–Kier alpha value is -3.74. The van der Waals surface area contributed by atoms with Gasteiger partial charge in [0.1, 0.15) is 0 Å². The Kier molecular flexibility index (Phi) is 4.17. The van der Waals surface area contributed by atoms with Gasteiger partial charge >= 0.3 is 0 Å². The molecule has 1 aliphatic rings. The van der Waals surface area contributed by atoms with Gasteiger partial charge < -0.3 is 9.88 Å². The molecule has 28 heavy (non-hydrogen) atoms. The highest BCUT2D eigenvalue weighted by molar-refractivity contribution is 5.87. The molecule has 3 heterocycles. The molecule has 0 saturated heterocycles. The van der Waals surface area contributed by atoms with E-state index in [2.05, 4.69) is 37.2 Å². The van der Waals surface area contributed by atoms with Gasteiger partial charge in [0.25, 0.3) is 0 Å². The number of nitrogens with zero attached hydrogens (tertiary/aromatic N) is 6. The number of imidazole rings is 1. The van der Waals surface area contributed by atoms with Crippen LogP contribution in [0.15, 0.2) is 73.3 Å². The van der Waals surface area contributed by atoms with Crippen LogP contribution in [-0.4, -0.2) is 35.9 Å². The third-order valence-corrected chi connectivity index (χ3v) is 4.73. The van der Waals surface area contributed by atoms with Crippen molar-refractivity contribution < 1.29 is 0 Å². The van der Waals surface area contributed by atoms with Crippen molar-refractivity contribution in [3.8, 4) is 11.4 Å². The fourth-order valence-corrected chi connectivity index (χ4v) is 3.21. The standard InChI is InChI=1S/C21H19N7/c1-2-6-17(7-3-1)21-25-24-19-14-18(16-8-4-9-16)20(26-28(19)21)23-10-5-12-27-13-11-22-15-27/h1-4,6-9,11,13-15H,5,10,12H2,(H,23,26). The van der Waals surface area contributed by atoms with Gasteiger partial charge in [0, 0.05) is 36.6 Å². The molecule has 7 nitrogen and oxygen atoms in total. The first kappa shape index (κ1) is 16.4. The smallest absolute Gasteiger partial charge is 0.185 e. The predicted molar refractivity (Wildman–Crippen MR) is 109 cm³/mol. The summed E-state index contributed by atoms with van der Waals surface area (Å²) < 4.78 is 3.88. The molecule has 138 valence electrons. The van der Waals surface area contributed by atoms with E-state index in [1.54, 1.807) is 10.7 Å². The molecule has 7 heteroatoms. The maximum Gasteiger partial charge on any atom is 0.185 e. The van der Waals surface area contributed by atoms with Crippen molar-refractivity contribution in [1.82, 2.24) is 29.4 Å². The molecule has 3 aromatic heterocycles. The third kappa shape index (κ3) is 3.07. The van der Waals surface area contributed by atoms with Crippen molar-refractivity contribution in [2.45, 2.75) is 13.0 Å². The minimum atomic E-state index is 0.735. The summed E-state index contributed by atoms with van der Waals surface area (Å²) in [5.41, 5.74) is 3.92. The van der Waals surface area contributed by atoms with E-state index in [-0.39, 0.29) is 0 Å². The molecule has 5 rings (SSSR count). The van der Waals surface area contributed by atoms with Crippen LogP contribution >= 0.6 is 0 Å². The number of hydrogen-bond donors (Lipinski definition) is 1. The summed E-state index contributed by atoms with van der Waals surface area (Å²) in [4.78, 5) is 4.08. The lowest BCUT2D eigenvalue weighted by molar-refractivity contribution is 0.659. The van der Waals surface area contributed by atoms with Crippen LogP contribution in [0, 0.1) is 0 Å². The van der Waals surface area contributed by atoms with Crippen LogP contribution in [0.5, 0.6) is 0 Å². The second kappa shape index (κ2) is 7.11. The fourth-order valence-electron chi connectivity index (χ4n) is 3.21. The maximum atomic E-state index is 4.84. The molecular weight excluding hydrogens is 350 g/mol. The topological polar surface area (TPSA) is 72.9 Å². The molecule has 1 aromatic carbocycles. The SMILES string of the molecule is C1=CC(c2cc3nnc(-c4ccccc4)n3nc2NCCCn2ccnc2)=C1. The van der Waals surface area contributed by atoms with Crippen LogP contribution in [0.1, 0.15) is 12.0 Å². The van der Waals surface area contributed by atoms with Gasteiger partial charge in [0.05, 0.1) is 6.33 Å². The highest BCUT2D eigenvalue weighted by Gasteiger charge is 2.16. The molecule has 0 saturated carbocycles. The van der Waals surface area contributed by atoms with Gasteiger partial charge in [0.2, 0.25) is 0 Å². The number of rotatable bonds is 7. The van der Waals surface area contributed by atoms with E-state index in [1.165, 1.54) is 0 Å². The summed E-state index contributed by atoms with van der Waals surface area (Å²) in [7, 11) is 0. The third-order valence-electron chi connectivity index (χ3n) is 4.73. The van der Waals surface area contributed by atoms with Crippen LogP contribution in [0.25, 0.3) is 22.6 Å². The lowest BCUT2D eigenvalue weighted by Gasteiger charge is -2.15. The second-order valence-electron chi connectivity index (χ2n) is 6.63. The van der Waals surface area contributed by atoms with Crippen LogP contribution in [-0.2, 0) is 6.54 Å². The van der Waals surface area contributed by atoms with Gasteiger partial charge in [0.15, 0.2) is 17.3 Å². The molecule has 0 bridgehead atoms. The predicted octanol–water partition coefficient (Wildman–Crippen LogP) is 3.44. The summed E-state index contributed by atoms with van der Waals surface area (Å²) in [5.74, 6) is 1.58. The van der Waals surface area contributed by atoms with E-state index in [1.807, 2.05) is 55.0 Å². The first-order valence-corrected chi connectivity index (χ1v) is 9.29. The molecular formula is C21H19N7. The lowest BCUT2D eigenvalue weighted by Crippen LogP contribution is -2.11. The summed E-state index contributed by atoms with van der Waals surface area (Å²) in [6.07, 6.45) is 12.8. The van der Waals surface area contributed by atoms with Crippen molar-refractivity contribution in [1.29, 1.82) is 0 Å². The van der Waals surface area contributed by atoms with Crippen LogP contribution < -0.4 is 5.32 Å². The van der Waals surface area contributed by atoms with E-state index in [4.69, 9.17) is 5.10 Å². The van der Waals surface area contributed by atoms with Gasteiger partial charge in [-0.3, -0.25) is 0 Å². The Balaban J connectivity index is 1.44. The molecule has 1 N–H and O–H groups in total. The van der Waals surface area contributed by atoms with Crippen LogP contribution in [0.3, 0.4) is 0 Å². The quantitative estimate of drug-likeness (QED) is 0.505. The van der Waals surface area contributed by atoms with Crippen molar-refractivity contribution >= 4 is 17.0 Å². The normalized spacial score (nSPS) is 12.8. The molecule has 0 atom stereocenters. The first-order chi connectivity index (χ1) is 13.9. The number of benzene rings is 1. The van der Waals surface area contributed by atoms with Gasteiger partial charge in [-0.1, -0.05) is 48.6 Å². The number of aromatic nitrogens is 6. The summed E-state index contributed by atoms with van der Waals surface area (Å²) in [5, 5.41) is 17.0. The zero-order chi connectivity index (χ0) is 18.8. The number of allylic oxidation sites excluding steroid dienone is 4. The van der Waals surface area contributed by atoms with Crippen molar-refractivity contribution in [3.05, 3.63) is 78.9 Å². The summed E-state index contributed by atoms with van der Waals surface area (Å²) >= 11 is 0. The summed E-state index contributed by atoms with van der Waals surface area (Å²) in [6.45, 7) is 1.72. The highest BCUT2D eigenvalue weighted by atomic mass is 15.4. The average Bonchev–Trinajstić information content (AvgIpc) is 3.34. The highest BCUT2D eigenvalue weighted by Crippen LogP contribution is 2.29. The minimum Gasteiger partial charge on any atom is -0.368 e. The van der Waals surface area contributed by atoms with E-state index >= 15 is 0 Å². The van der Waals surface area contributed by atoms with Crippen LogP contribution in [0.4, 0.5) is 5.82 Å². The minimum absolute atomic E-state index is 0.735. The zero-order valence-corrected chi connectivity index (χ0v) is 15.2. The Morgan fingerprint density at radius 1 is 1.07 bits per heavy atom. The molecule has 0 radical (unpaired) electrons. The number of nitrogens with one attached hydrogen (secondary N) is 1. The number of fused-ring (bicyclic) bond motifs is 1. The monoisotopic (exact) mass is 369 g/mol. The fraction of sp³-hybridized carbons (Fsp3) is 0.143. The van der Waals surface area contributed by atoms with Gasteiger partial charge in [-0.2, -0.15) is 4.52 Å². The van der Waals surface area contributed by atoms with Crippen LogP contribution in [0.2, 0.25) is 0 Å². The molecule has 0 spiro atoms. The molecule has 0 aliphatic heterocycles. The molecule has 0 unspecified atom stereocenters. The van der Waals surface area contributed by atoms with E-state index in [0.29, 0.717) is 0 Å². The number of aryl methyl sites for hydroxylation is 1. The van der Waals surface area contributed by atoms with Crippen molar-refractivity contribution in [2.75, 3.05) is 11.9 Å². The zero-order valence-electron chi connectivity index (χ0n) is 15.2. The largest absolute Gasteiger partial charge is 0.368 e. The molecule has 0 amide bonds. The molecule has 1 aliphatic carbocycles. The van der Waals surface area contributed by atoms with E-state index < -0.39 is 0 Å². The summed E-state index contributed by atoms with van der Waals surface area (Å²) in [6, 6.07) is 12.0. The molecule has 4 aromatic rings. The Labute approximate surface area is 162 Å². The van der Waals surface area contributed by atoms with E-state index in [0.717, 1.165) is 53.5 Å². The van der Waals surface area contributed by atoms with Gasteiger partial charge in [-0.15, -0.1) is 15.3 Å². The van der Waals surface area contributed by atoms with Crippen molar-refractivity contribution in [2.24, 2.45) is 0 Å². The van der Waals surface area contributed by atoms with Gasteiger partial charge in [-0.05, 0) is 18.1 Å². The lowest BCUT2D eigenvalue weighted by atomic mass is 10.0. The number of hydrogen-bond acceptors (Lipinski definition) is 5. The Morgan fingerprint density at radius 2 is 1.96 bits per heavy atom. The number of anilines is 1. The van der Waals surface area contributed by atoms with Gasteiger partial charge in [-0.25, -0.2) is 4.98 Å². The maximum absolute atomic E-state index is 4.84. The van der Waals surface area contributed by atoms with E-state index in [9.17, 15) is 0 Å². The molecule has 0 fully saturated rings. The first-order valence-electron chi connectivity index (χ1n) is 9.29. The Morgan fingerprint density at radius 3 is 2.71 bits per heavy atom. The Bertz CT molecular complexity index is 1150. The second-order valence-corrected chi connectivity index (χ2v) is 6.63. The van der Waals surface area contributed by atoms with Crippen molar-refractivity contribution in [3.63, 3.8) is 0 Å². The average molecular weight is 369 g/mol.